The van der Waals surface area contributed by atoms with Crippen LogP contribution in [0.15, 0.2) is 72.9 Å². The molecular formula is C24H18ClNO2. The maximum Gasteiger partial charge on any atom is 0.307 e. The highest BCUT2D eigenvalue weighted by Crippen LogP contribution is 2.37. The van der Waals surface area contributed by atoms with Gasteiger partial charge in [-0.2, -0.15) is 0 Å². The van der Waals surface area contributed by atoms with Crippen molar-refractivity contribution in [2.75, 3.05) is 0 Å². The number of hydrogen-bond donors (Lipinski definition) is 1. The van der Waals surface area contributed by atoms with Crippen molar-refractivity contribution in [1.82, 2.24) is 4.98 Å². The van der Waals surface area contributed by atoms with Crippen LogP contribution >= 0.6 is 11.6 Å². The highest BCUT2D eigenvalue weighted by Gasteiger charge is 2.16. The molecule has 0 spiro atoms. The molecule has 1 aromatic heterocycles. The molecule has 3 nitrogen and oxygen atoms in total. The van der Waals surface area contributed by atoms with Gasteiger partial charge in [-0.05, 0) is 70.3 Å². The Morgan fingerprint density at radius 3 is 2.43 bits per heavy atom. The molecule has 0 atom stereocenters. The first-order chi connectivity index (χ1) is 13.5. The van der Waals surface area contributed by atoms with E-state index in [9.17, 15) is 9.90 Å². The van der Waals surface area contributed by atoms with Crippen LogP contribution < -0.4 is 0 Å². The Morgan fingerprint density at radius 1 is 1.00 bits per heavy atom. The van der Waals surface area contributed by atoms with E-state index in [2.05, 4.69) is 17.1 Å². The molecule has 0 saturated carbocycles. The van der Waals surface area contributed by atoms with E-state index in [1.54, 1.807) is 6.20 Å². The zero-order valence-electron chi connectivity index (χ0n) is 15.3. The van der Waals surface area contributed by atoms with Crippen LogP contribution in [0.25, 0.3) is 33.2 Å². The average molecular weight is 388 g/mol. The number of rotatable bonds is 4. The number of nitrogens with zero attached hydrogens (tertiary/aromatic N) is 1. The number of fused-ring (bicyclic) bond motifs is 1. The van der Waals surface area contributed by atoms with E-state index in [1.165, 1.54) is 0 Å². The highest BCUT2D eigenvalue weighted by molar-refractivity contribution is 6.30. The van der Waals surface area contributed by atoms with Crippen molar-refractivity contribution in [3.63, 3.8) is 0 Å². The Labute approximate surface area is 168 Å². The highest BCUT2D eigenvalue weighted by atomic mass is 35.5. The van der Waals surface area contributed by atoms with Crippen molar-refractivity contribution in [1.29, 1.82) is 0 Å². The van der Waals surface area contributed by atoms with Gasteiger partial charge in [-0.3, -0.25) is 9.78 Å². The number of aryl methyl sites for hydroxylation is 1. The molecule has 4 heteroatoms. The van der Waals surface area contributed by atoms with E-state index < -0.39 is 5.97 Å². The summed E-state index contributed by atoms with van der Waals surface area (Å²) >= 11 is 6.06. The summed E-state index contributed by atoms with van der Waals surface area (Å²) < 4.78 is 0. The second kappa shape index (κ2) is 7.45. The van der Waals surface area contributed by atoms with Crippen molar-refractivity contribution in [3.8, 4) is 22.4 Å². The van der Waals surface area contributed by atoms with E-state index in [-0.39, 0.29) is 6.42 Å². The zero-order chi connectivity index (χ0) is 19.7. The van der Waals surface area contributed by atoms with Crippen LogP contribution in [-0.4, -0.2) is 16.1 Å². The largest absolute Gasteiger partial charge is 0.481 e. The first-order valence-corrected chi connectivity index (χ1v) is 9.36. The van der Waals surface area contributed by atoms with Crippen molar-refractivity contribution in [2.24, 2.45) is 0 Å². The van der Waals surface area contributed by atoms with E-state index in [1.807, 2.05) is 61.5 Å². The van der Waals surface area contributed by atoms with Crippen LogP contribution in [0, 0.1) is 6.92 Å². The molecule has 4 rings (SSSR count). The molecule has 0 aliphatic rings. The lowest BCUT2D eigenvalue weighted by Crippen LogP contribution is -2.05. The number of halogens is 1. The fraction of sp³-hybridized carbons (Fsp3) is 0.0833. The number of benzene rings is 3. The Bertz CT molecular complexity index is 1170. The van der Waals surface area contributed by atoms with Gasteiger partial charge in [0, 0.05) is 16.8 Å². The maximum atomic E-state index is 11.5. The Hall–Kier alpha value is -3.17. The van der Waals surface area contributed by atoms with Gasteiger partial charge in [-0.15, -0.1) is 0 Å². The third-order valence-electron chi connectivity index (χ3n) is 4.89. The van der Waals surface area contributed by atoms with Crippen LogP contribution in [0.3, 0.4) is 0 Å². The fourth-order valence-corrected chi connectivity index (χ4v) is 3.73. The van der Waals surface area contributed by atoms with Crippen molar-refractivity contribution >= 4 is 28.3 Å². The molecule has 138 valence electrons. The van der Waals surface area contributed by atoms with Crippen LogP contribution in [0.1, 0.15) is 11.1 Å². The normalized spacial score (nSPS) is 10.9. The smallest absolute Gasteiger partial charge is 0.307 e. The lowest BCUT2D eigenvalue weighted by Gasteiger charge is -2.16. The zero-order valence-corrected chi connectivity index (χ0v) is 16.1. The predicted octanol–water partition coefficient (Wildman–Crippen LogP) is 6.16. The van der Waals surface area contributed by atoms with Gasteiger partial charge >= 0.3 is 5.97 Å². The number of aromatic nitrogens is 1. The summed E-state index contributed by atoms with van der Waals surface area (Å²) in [5.41, 5.74) is 5.62. The lowest BCUT2D eigenvalue weighted by molar-refractivity contribution is -0.136. The predicted molar refractivity (Wildman–Crippen MR) is 114 cm³/mol. The molecule has 0 fully saturated rings. The molecule has 0 amide bonds. The topological polar surface area (TPSA) is 50.2 Å². The maximum absolute atomic E-state index is 11.5. The Balaban J connectivity index is 1.99. The first kappa shape index (κ1) is 18.2. The average Bonchev–Trinajstić information content (AvgIpc) is 2.69. The summed E-state index contributed by atoms with van der Waals surface area (Å²) in [6, 6.07) is 21.6. The van der Waals surface area contributed by atoms with Crippen LogP contribution in [0.2, 0.25) is 5.02 Å². The Kier molecular flexibility index (Phi) is 4.84. The molecule has 28 heavy (non-hydrogen) atoms. The molecule has 0 aliphatic heterocycles. The van der Waals surface area contributed by atoms with Crippen LogP contribution in [0.5, 0.6) is 0 Å². The minimum Gasteiger partial charge on any atom is -0.481 e. The third-order valence-corrected chi connectivity index (χ3v) is 5.14. The number of carboxylic acid groups (broad SMARTS) is 1. The van der Waals surface area contributed by atoms with Gasteiger partial charge < -0.3 is 5.11 Å². The molecule has 0 radical (unpaired) electrons. The van der Waals surface area contributed by atoms with Gasteiger partial charge in [-0.1, -0.05) is 48.0 Å². The van der Waals surface area contributed by atoms with Crippen molar-refractivity contribution in [2.45, 2.75) is 13.3 Å². The summed E-state index contributed by atoms with van der Waals surface area (Å²) in [4.78, 5) is 15.9. The minimum atomic E-state index is -0.845. The van der Waals surface area contributed by atoms with Gasteiger partial charge in [-0.25, -0.2) is 0 Å². The Morgan fingerprint density at radius 2 is 1.75 bits per heavy atom. The number of carboxylic acids is 1. The van der Waals surface area contributed by atoms with E-state index >= 15 is 0 Å². The monoisotopic (exact) mass is 387 g/mol. The van der Waals surface area contributed by atoms with Crippen LogP contribution in [0.4, 0.5) is 0 Å². The number of carbonyl (C=O) groups is 1. The summed E-state index contributed by atoms with van der Waals surface area (Å²) in [7, 11) is 0. The summed E-state index contributed by atoms with van der Waals surface area (Å²) in [6.07, 6.45) is 1.75. The summed E-state index contributed by atoms with van der Waals surface area (Å²) in [6.45, 7) is 1.96. The molecule has 0 saturated heterocycles. The second-order valence-corrected chi connectivity index (χ2v) is 7.21. The fourth-order valence-electron chi connectivity index (χ4n) is 3.61. The molecule has 1 heterocycles. The van der Waals surface area contributed by atoms with E-state index in [4.69, 9.17) is 11.6 Å². The van der Waals surface area contributed by atoms with Crippen molar-refractivity contribution < 1.29 is 9.90 Å². The molecule has 4 aromatic rings. The lowest BCUT2D eigenvalue weighted by atomic mass is 9.88. The van der Waals surface area contributed by atoms with E-state index in [0.717, 1.165) is 44.3 Å². The van der Waals surface area contributed by atoms with Gasteiger partial charge in [0.25, 0.3) is 0 Å². The standard InChI is InChI=1S/C24H18ClNO2/c1-15-12-18-13-17(22-4-2-3-11-26-22)7-10-20(18)24(21(15)14-23(27)28)16-5-8-19(25)9-6-16/h2-13H,14H2,1H3,(H,27,28). The third kappa shape index (κ3) is 3.49. The quantitative estimate of drug-likeness (QED) is 0.456. The van der Waals surface area contributed by atoms with E-state index in [0.29, 0.717) is 5.02 Å². The molecule has 1 N–H and O–H groups in total. The van der Waals surface area contributed by atoms with Crippen molar-refractivity contribution in [3.05, 3.63) is 89.1 Å². The van der Waals surface area contributed by atoms with Crippen LogP contribution in [-0.2, 0) is 11.2 Å². The van der Waals surface area contributed by atoms with Gasteiger partial charge in [0.15, 0.2) is 0 Å². The SMILES string of the molecule is Cc1cc2cc(-c3ccccn3)ccc2c(-c2ccc(Cl)cc2)c1CC(=O)O. The first-order valence-electron chi connectivity index (χ1n) is 8.98. The van der Waals surface area contributed by atoms with Gasteiger partial charge in [0.2, 0.25) is 0 Å². The molecule has 0 aliphatic carbocycles. The molecule has 3 aromatic carbocycles. The summed E-state index contributed by atoms with van der Waals surface area (Å²) in [5, 5.41) is 12.2. The molecule has 0 bridgehead atoms. The second-order valence-electron chi connectivity index (χ2n) is 6.78. The number of hydrogen-bond acceptors (Lipinski definition) is 2. The minimum absolute atomic E-state index is 0.0261. The number of pyridine rings is 1. The molecular weight excluding hydrogens is 370 g/mol. The summed E-state index contributed by atoms with van der Waals surface area (Å²) in [5.74, 6) is -0.845. The molecule has 0 unspecified atom stereocenters. The number of aliphatic carboxylic acids is 1. The van der Waals surface area contributed by atoms with Gasteiger partial charge in [0.1, 0.15) is 0 Å². The van der Waals surface area contributed by atoms with Gasteiger partial charge in [0.05, 0.1) is 12.1 Å².